The summed E-state index contributed by atoms with van der Waals surface area (Å²) in [5, 5.41) is 6.54. The van der Waals surface area contributed by atoms with Crippen LogP contribution in [0.3, 0.4) is 0 Å². The van der Waals surface area contributed by atoms with E-state index in [2.05, 4.69) is 15.5 Å². The average molecular weight is 424 g/mol. The van der Waals surface area contributed by atoms with E-state index in [-0.39, 0.29) is 49.0 Å². The van der Waals surface area contributed by atoms with Crippen molar-refractivity contribution in [3.8, 4) is 5.75 Å². The average Bonchev–Trinajstić information content (AvgIpc) is 3.40. The maximum absolute atomic E-state index is 14.0. The summed E-state index contributed by atoms with van der Waals surface area (Å²) >= 11 is 0. The van der Waals surface area contributed by atoms with Gasteiger partial charge >= 0.3 is 0 Å². The van der Waals surface area contributed by atoms with Crippen LogP contribution in [0.15, 0.2) is 59.1 Å². The van der Waals surface area contributed by atoms with Crippen LogP contribution in [0, 0.1) is 5.82 Å². The lowest BCUT2D eigenvalue weighted by Crippen LogP contribution is -2.29. The van der Waals surface area contributed by atoms with Crippen LogP contribution in [0.5, 0.6) is 5.75 Å². The van der Waals surface area contributed by atoms with Gasteiger partial charge in [-0.05, 0) is 24.6 Å². The smallest absolute Gasteiger partial charge is 0.258 e. The monoisotopic (exact) mass is 424 g/mol. The fourth-order valence-electron chi connectivity index (χ4n) is 3.37. The molecule has 1 atom stereocenters. The highest BCUT2D eigenvalue weighted by Crippen LogP contribution is 2.33. The molecule has 2 amide bonds. The van der Waals surface area contributed by atoms with Gasteiger partial charge < -0.3 is 19.5 Å². The highest BCUT2D eigenvalue weighted by molar-refractivity contribution is 5.79. The normalized spacial score (nSPS) is 15.8. The number of nitrogens with zero attached hydrogens (tertiary/aromatic N) is 3. The molecule has 1 aromatic heterocycles. The second-order valence-corrected chi connectivity index (χ2v) is 7.09. The van der Waals surface area contributed by atoms with E-state index in [1.54, 1.807) is 35.2 Å². The molecule has 0 spiro atoms. The third-order valence-electron chi connectivity index (χ3n) is 4.95. The van der Waals surface area contributed by atoms with Gasteiger partial charge in [0, 0.05) is 18.5 Å². The minimum absolute atomic E-state index is 0.0640. The number of aromatic nitrogens is 2. The van der Waals surface area contributed by atoms with E-state index < -0.39 is 6.04 Å². The Hall–Kier alpha value is -3.75. The zero-order valence-corrected chi connectivity index (χ0v) is 16.7. The molecule has 1 N–H and O–H groups in total. The first-order valence-electron chi connectivity index (χ1n) is 9.90. The molecule has 4 rings (SSSR count). The van der Waals surface area contributed by atoms with Crippen molar-refractivity contribution in [3.05, 3.63) is 77.7 Å². The van der Waals surface area contributed by atoms with Gasteiger partial charge in [-0.15, -0.1) is 0 Å². The van der Waals surface area contributed by atoms with Crippen LogP contribution in [0.1, 0.15) is 36.2 Å². The number of benzene rings is 2. The Morgan fingerprint density at radius 1 is 1.19 bits per heavy atom. The molecule has 2 heterocycles. The SMILES string of the molecule is O=C(COc1ccccc1)NCc1noc([C@@H]2CCC(=O)N2Cc2ccccc2F)n1. The number of para-hydroxylation sites is 1. The minimum atomic E-state index is -0.425. The van der Waals surface area contributed by atoms with E-state index >= 15 is 0 Å². The lowest BCUT2D eigenvalue weighted by Gasteiger charge is -2.22. The number of halogens is 1. The number of hydrogen-bond acceptors (Lipinski definition) is 6. The Labute approximate surface area is 178 Å². The molecular formula is C22H21FN4O4. The van der Waals surface area contributed by atoms with Crippen molar-refractivity contribution in [2.75, 3.05) is 6.61 Å². The van der Waals surface area contributed by atoms with Crippen LogP contribution in [0.2, 0.25) is 0 Å². The van der Waals surface area contributed by atoms with Crippen LogP contribution < -0.4 is 10.1 Å². The van der Waals surface area contributed by atoms with Crippen molar-refractivity contribution < 1.29 is 23.2 Å². The first-order chi connectivity index (χ1) is 15.1. The molecule has 2 aromatic carbocycles. The summed E-state index contributed by atoms with van der Waals surface area (Å²) in [6, 6.07) is 14.9. The number of amides is 2. The lowest BCUT2D eigenvalue weighted by atomic mass is 10.1. The summed E-state index contributed by atoms with van der Waals surface area (Å²) in [7, 11) is 0. The molecule has 1 saturated heterocycles. The third-order valence-corrected chi connectivity index (χ3v) is 4.95. The van der Waals surface area contributed by atoms with E-state index in [0.717, 1.165) is 0 Å². The van der Waals surface area contributed by atoms with Crippen molar-refractivity contribution in [1.82, 2.24) is 20.4 Å². The number of likely N-dealkylation sites (tertiary alicyclic amines) is 1. The predicted molar refractivity (Wildman–Crippen MR) is 107 cm³/mol. The number of nitrogens with one attached hydrogen (secondary N) is 1. The van der Waals surface area contributed by atoms with Crippen molar-refractivity contribution in [2.24, 2.45) is 0 Å². The van der Waals surface area contributed by atoms with Crippen LogP contribution >= 0.6 is 0 Å². The Bertz CT molecular complexity index is 1060. The molecule has 1 fully saturated rings. The molecule has 0 aliphatic carbocycles. The van der Waals surface area contributed by atoms with Crippen molar-refractivity contribution in [1.29, 1.82) is 0 Å². The first kappa shape index (κ1) is 20.5. The van der Waals surface area contributed by atoms with Gasteiger partial charge in [0.15, 0.2) is 12.4 Å². The van der Waals surface area contributed by atoms with Gasteiger partial charge in [0.25, 0.3) is 5.91 Å². The van der Waals surface area contributed by atoms with Crippen molar-refractivity contribution in [2.45, 2.75) is 32.0 Å². The topological polar surface area (TPSA) is 97.6 Å². The zero-order chi connectivity index (χ0) is 21.6. The summed E-state index contributed by atoms with van der Waals surface area (Å²) < 4.78 is 24.7. The van der Waals surface area contributed by atoms with Gasteiger partial charge in [0.05, 0.1) is 6.54 Å². The molecule has 9 heteroatoms. The molecule has 0 bridgehead atoms. The van der Waals surface area contributed by atoms with E-state index in [0.29, 0.717) is 24.2 Å². The van der Waals surface area contributed by atoms with Crippen LogP contribution in [-0.2, 0) is 22.7 Å². The summed E-state index contributed by atoms with van der Waals surface area (Å²) in [6.45, 7) is 0.0537. The molecule has 3 aromatic rings. The standard InChI is InChI=1S/C22H21FN4O4/c23-17-9-5-4-6-15(17)13-27-18(10-11-21(27)29)22-25-19(26-31-22)12-24-20(28)14-30-16-7-2-1-3-8-16/h1-9,18H,10-14H2,(H,24,28)/t18-/m0/s1. The molecule has 1 aliphatic heterocycles. The van der Waals surface area contributed by atoms with Crippen LogP contribution in [0.4, 0.5) is 4.39 Å². The van der Waals surface area contributed by atoms with E-state index in [4.69, 9.17) is 9.26 Å². The second-order valence-electron chi connectivity index (χ2n) is 7.09. The fraction of sp³-hybridized carbons (Fsp3) is 0.273. The van der Waals surface area contributed by atoms with Gasteiger partial charge in [-0.1, -0.05) is 41.6 Å². The predicted octanol–water partition coefficient (Wildman–Crippen LogP) is 2.77. The molecule has 31 heavy (non-hydrogen) atoms. The Morgan fingerprint density at radius 3 is 2.77 bits per heavy atom. The second kappa shape index (κ2) is 9.38. The Morgan fingerprint density at radius 2 is 1.97 bits per heavy atom. The number of carbonyl (C=O) groups is 2. The zero-order valence-electron chi connectivity index (χ0n) is 16.7. The Kier molecular flexibility index (Phi) is 6.21. The van der Waals surface area contributed by atoms with E-state index in [9.17, 15) is 14.0 Å². The van der Waals surface area contributed by atoms with Crippen LogP contribution in [0.25, 0.3) is 0 Å². The maximum atomic E-state index is 14.0. The van der Waals surface area contributed by atoms with Crippen LogP contribution in [-0.4, -0.2) is 33.5 Å². The number of ether oxygens (including phenoxy) is 1. The molecule has 0 unspecified atom stereocenters. The molecule has 8 nitrogen and oxygen atoms in total. The Balaban J connectivity index is 1.33. The quantitative estimate of drug-likeness (QED) is 0.597. The van der Waals surface area contributed by atoms with Crippen molar-refractivity contribution >= 4 is 11.8 Å². The van der Waals surface area contributed by atoms with Gasteiger partial charge in [0.1, 0.15) is 17.6 Å². The fourth-order valence-corrected chi connectivity index (χ4v) is 3.37. The summed E-state index contributed by atoms with van der Waals surface area (Å²) in [4.78, 5) is 30.2. The molecule has 0 radical (unpaired) electrons. The number of carbonyl (C=O) groups excluding carboxylic acids is 2. The van der Waals surface area contributed by atoms with E-state index in [1.165, 1.54) is 6.07 Å². The summed E-state index contributed by atoms with van der Waals surface area (Å²) in [5.74, 6) is 0.361. The molecule has 1 aliphatic rings. The summed E-state index contributed by atoms with van der Waals surface area (Å²) in [5.41, 5.74) is 0.424. The van der Waals surface area contributed by atoms with Gasteiger partial charge in [-0.3, -0.25) is 9.59 Å². The number of rotatable bonds is 8. The van der Waals surface area contributed by atoms with Gasteiger partial charge in [-0.2, -0.15) is 4.98 Å². The molecule has 0 saturated carbocycles. The molecule has 160 valence electrons. The highest BCUT2D eigenvalue weighted by atomic mass is 19.1. The first-order valence-corrected chi connectivity index (χ1v) is 9.90. The minimum Gasteiger partial charge on any atom is -0.484 e. The lowest BCUT2D eigenvalue weighted by molar-refractivity contribution is -0.130. The van der Waals surface area contributed by atoms with Gasteiger partial charge in [0.2, 0.25) is 11.8 Å². The third kappa shape index (κ3) is 5.06. The summed E-state index contributed by atoms with van der Waals surface area (Å²) in [6.07, 6.45) is 0.830. The van der Waals surface area contributed by atoms with E-state index in [1.807, 2.05) is 18.2 Å². The maximum Gasteiger partial charge on any atom is 0.258 e. The largest absolute Gasteiger partial charge is 0.484 e. The molecular weight excluding hydrogens is 403 g/mol. The van der Waals surface area contributed by atoms with Crippen molar-refractivity contribution in [3.63, 3.8) is 0 Å². The van der Waals surface area contributed by atoms with Gasteiger partial charge in [-0.25, -0.2) is 4.39 Å². The highest BCUT2D eigenvalue weighted by Gasteiger charge is 2.36. The number of hydrogen-bond donors (Lipinski definition) is 1.